The van der Waals surface area contributed by atoms with Crippen LogP contribution in [0.3, 0.4) is 0 Å². The molecule has 0 radical (unpaired) electrons. The molecule has 124 valence electrons. The molecule has 0 heterocycles. The van der Waals surface area contributed by atoms with Gasteiger partial charge in [0.15, 0.2) is 0 Å². The average molecular weight is 333 g/mol. The number of carbonyl (C=O) groups excluding carboxylic acids is 1. The molecule has 4 saturated carbocycles. The predicted octanol–water partition coefficient (Wildman–Crippen LogP) is 4.15. The molecule has 0 saturated heterocycles. The molecule has 2 amide bonds. The second-order valence-corrected chi connectivity index (χ2v) is 8.39. The van der Waals surface area contributed by atoms with Crippen LogP contribution in [0.25, 0.3) is 0 Å². The second kappa shape index (κ2) is 6.01. The van der Waals surface area contributed by atoms with E-state index in [1.54, 1.807) is 0 Å². The van der Waals surface area contributed by atoms with E-state index in [9.17, 15) is 4.79 Å². The Bertz CT molecular complexity index is 548. The van der Waals surface area contributed by atoms with Gasteiger partial charge < -0.3 is 10.6 Å². The number of nitrogens with one attached hydrogen (secondary N) is 2. The van der Waals surface area contributed by atoms with Gasteiger partial charge in [-0.3, -0.25) is 0 Å². The van der Waals surface area contributed by atoms with Gasteiger partial charge >= 0.3 is 6.03 Å². The lowest BCUT2D eigenvalue weighted by Gasteiger charge is -2.56. The van der Waals surface area contributed by atoms with E-state index in [0.29, 0.717) is 6.54 Å². The van der Waals surface area contributed by atoms with Crippen molar-refractivity contribution in [2.45, 2.75) is 50.5 Å². The number of carbonyl (C=O) groups is 1. The fourth-order valence-corrected chi connectivity index (χ4v) is 5.65. The molecule has 4 aliphatic rings. The van der Waals surface area contributed by atoms with E-state index in [-0.39, 0.29) is 11.6 Å². The Hall–Kier alpha value is -1.22. The highest BCUT2D eigenvalue weighted by atomic mass is 35.5. The summed E-state index contributed by atoms with van der Waals surface area (Å²) in [6, 6.07) is 7.83. The Kier molecular flexibility index (Phi) is 4.00. The third-order valence-corrected chi connectivity index (χ3v) is 6.28. The summed E-state index contributed by atoms with van der Waals surface area (Å²) in [5.41, 5.74) is 1.29. The molecule has 2 N–H and O–H groups in total. The maximum Gasteiger partial charge on any atom is 0.315 e. The average Bonchev–Trinajstić information content (AvgIpc) is 2.47. The van der Waals surface area contributed by atoms with Crippen LogP contribution in [0.1, 0.15) is 44.1 Å². The zero-order valence-electron chi connectivity index (χ0n) is 13.5. The SMILES string of the molecule is O=C(NCCc1ccc(Cl)cc1)NC12CC3CC(CC(C3)C1)C2. The molecule has 1 aromatic rings. The standard InChI is InChI=1S/C19H25ClN2O/c20-17-3-1-13(2-4-17)5-6-21-18(23)22-19-10-14-7-15(11-19)9-16(8-14)12-19/h1-4,14-16H,5-12H2,(H2,21,22,23). The number of hydrogen-bond acceptors (Lipinski definition) is 1. The summed E-state index contributed by atoms with van der Waals surface area (Å²) >= 11 is 5.89. The molecule has 1 aromatic carbocycles. The van der Waals surface area contributed by atoms with Crippen LogP contribution in [0.4, 0.5) is 4.79 Å². The van der Waals surface area contributed by atoms with E-state index >= 15 is 0 Å². The van der Waals surface area contributed by atoms with E-state index in [1.165, 1.54) is 44.1 Å². The molecule has 0 atom stereocenters. The van der Waals surface area contributed by atoms with Crippen LogP contribution < -0.4 is 10.6 Å². The number of hydrogen-bond donors (Lipinski definition) is 2. The van der Waals surface area contributed by atoms with Crippen LogP contribution in [0.5, 0.6) is 0 Å². The van der Waals surface area contributed by atoms with Crippen LogP contribution in [0.15, 0.2) is 24.3 Å². The summed E-state index contributed by atoms with van der Waals surface area (Å²) in [5.74, 6) is 2.57. The van der Waals surface area contributed by atoms with E-state index in [0.717, 1.165) is 29.2 Å². The predicted molar refractivity (Wildman–Crippen MR) is 92.6 cm³/mol. The molecule has 0 spiro atoms. The van der Waals surface area contributed by atoms with Crippen molar-refractivity contribution in [3.8, 4) is 0 Å². The lowest BCUT2D eigenvalue weighted by Crippen LogP contribution is -2.61. The molecule has 23 heavy (non-hydrogen) atoms. The number of urea groups is 1. The highest BCUT2D eigenvalue weighted by Crippen LogP contribution is 2.55. The van der Waals surface area contributed by atoms with Crippen molar-refractivity contribution in [3.05, 3.63) is 34.9 Å². The first-order chi connectivity index (χ1) is 11.1. The van der Waals surface area contributed by atoms with Gasteiger partial charge in [-0.25, -0.2) is 4.79 Å². The normalized spacial score (nSPS) is 34.4. The topological polar surface area (TPSA) is 41.1 Å². The molecule has 3 nitrogen and oxygen atoms in total. The molecular formula is C19H25ClN2O. The van der Waals surface area contributed by atoms with Crippen LogP contribution in [-0.2, 0) is 6.42 Å². The van der Waals surface area contributed by atoms with Crippen molar-refractivity contribution in [2.24, 2.45) is 17.8 Å². The quantitative estimate of drug-likeness (QED) is 0.854. The Balaban J connectivity index is 1.28. The monoisotopic (exact) mass is 332 g/mol. The van der Waals surface area contributed by atoms with Gasteiger partial charge in [0, 0.05) is 17.1 Å². The number of benzene rings is 1. The minimum absolute atomic E-state index is 0.0147. The highest BCUT2D eigenvalue weighted by Gasteiger charge is 2.51. The molecule has 4 bridgehead atoms. The smallest absolute Gasteiger partial charge is 0.315 e. The maximum absolute atomic E-state index is 12.3. The molecule has 0 aromatic heterocycles. The molecule has 0 aliphatic heterocycles. The summed E-state index contributed by atoms with van der Waals surface area (Å²) in [7, 11) is 0. The van der Waals surface area contributed by atoms with Crippen LogP contribution in [0, 0.1) is 17.8 Å². The third kappa shape index (κ3) is 3.35. The summed E-state index contributed by atoms with van der Waals surface area (Å²) in [6.45, 7) is 0.666. The van der Waals surface area contributed by atoms with Crippen molar-refractivity contribution < 1.29 is 4.79 Å². The first-order valence-electron chi connectivity index (χ1n) is 8.91. The Morgan fingerprint density at radius 2 is 1.61 bits per heavy atom. The van der Waals surface area contributed by atoms with E-state index in [2.05, 4.69) is 10.6 Å². The van der Waals surface area contributed by atoms with Gasteiger partial charge in [-0.05, 0) is 80.4 Å². The van der Waals surface area contributed by atoms with Crippen LogP contribution in [0.2, 0.25) is 5.02 Å². The van der Waals surface area contributed by atoms with Gasteiger partial charge in [-0.2, -0.15) is 0 Å². The van der Waals surface area contributed by atoms with Crippen molar-refractivity contribution in [3.63, 3.8) is 0 Å². The largest absolute Gasteiger partial charge is 0.338 e. The Morgan fingerprint density at radius 3 is 2.17 bits per heavy atom. The van der Waals surface area contributed by atoms with Gasteiger partial charge in [0.05, 0.1) is 0 Å². The third-order valence-electron chi connectivity index (χ3n) is 6.03. The Morgan fingerprint density at radius 1 is 1.04 bits per heavy atom. The minimum Gasteiger partial charge on any atom is -0.338 e. The fraction of sp³-hybridized carbons (Fsp3) is 0.632. The highest BCUT2D eigenvalue weighted by molar-refractivity contribution is 6.30. The molecular weight excluding hydrogens is 308 g/mol. The molecule has 4 aliphatic carbocycles. The van der Waals surface area contributed by atoms with E-state index in [1.807, 2.05) is 24.3 Å². The maximum atomic E-state index is 12.3. The zero-order valence-corrected chi connectivity index (χ0v) is 14.2. The summed E-state index contributed by atoms with van der Waals surface area (Å²) in [4.78, 5) is 12.3. The van der Waals surface area contributed by atoms with Gasteiger partial charge in [-0.15, -0.1) is 0 Å². The summed E-state index contributed by atoms with van der Waals surface area (Å²) < 4.78 is 0. The second-order valence-electron chi connectivity index (χ2n) is 7.96. The molecule has 5 rings (SSSR count). The molecule has 4 fully saturated rings. The number of rotatable bonds is 4. The minimum atomic E-state index is 0.0147. The lowest BCUT2D eigenvalue weighted by molar-refractivity contribution is -0.0135. The summed E-state index contributed by atoms with van der Waals surface area (Å²) in [5, 5.41) is 7.14. The zero-order chi connectivity index (χ0) is 15.9. The van der Waals surface area contributed by atoms with E-state index < -0.39 is 0 Å². The van der Waals surface area contributed by atoms with Crippen molar-refractivity contribution >= 4 is 17.6 Å². The number of amides is 2. The van der Waals surface area contributed by atoms with Gasteiger partial charge in [0.1, 0.15) is 0 Å². The fourth-order valence-electron chi connectivity index (χ4n) is 5.52. The Labute approximate surface area is 143 Å². The van der Waals surface area contributed by atoms with E-state index in [4.69, 9.17) is 11.6 Å². The van der Waals surface area contributed by atoms with Crippen LogP contribution >= 0.6 is 11.6 Å². The van der Waals surface area contributed by atoms with Gasteiger partial charge in [-0.1, -0.05) is 23.7 Å². The molecule has 4 heteroatoms. The first-order valence-corrected chi connectivity index (χ1v) is 9.28. The first kappa shape index (κ1) is 15.3. The molecule has 0 unspecified atom stereocenters. The lowest BCUT2D eigenvalue weighted by atomic mass is 9.53. The summed E-state index contributed by atoms with van der Waals surface area (Å²) in [6.07, 6.45) is 8.64. The number of halogens is 1. The van der Waals surface area contributed by atoms with Crippen molar-refractivity contribution in [1.29, 1.82) is 0 Å². The van der Waals surface area contributed by atoms with Crippen molar-refractivity contribution in [1.82, 2.24) is 10.6 Å². The van der Waals surface area contributed by atoms with Gasteiger partial charge in [0.2, 0.25) is 0 Å². The van der Waals surface area contributed by atoms with Crippen LogP contribution in [-0.4, -0.2) is 18.1 Å². The van der Waals surface area contributed by atoms with Gasteiger partial charge in [0.25, 0.3) is 0 Å². The van der Waals surface area contributed by atoms with Crippen molar-refractivity contribution in [2.75, 3.05) is 6.54 Å².